The average molecular weight is 313 g/mol. The molecule has 1 fully saturated rings. The molecule has 3 N–H and O–H groups in total. The smallest absolute Gasteiger partial charge is 0.224 e. The van der Waals surface area contributed by atoms with Crippen LogP contribution < -0.4 is 15.8 Å². The van der Waals surface area contributed by atoms with Crippen LogP contribution in [0.25, 0.3) is 0 Å². The molecule has 0 atom stereocenters. The van der Waals surface area contributed by atoms with E-state index in [4.69, 9.17) is 10.5 Å². The number of nitrogens with two attached hydrogens (primary N) is 1. The number of benzene rings is 1. The summed E-state index contributed by atoms with van der Waals surface area (Å²) in [6.07, 6.45) is 5.93. The van der Waals surface area contributed by atoms with Crippen LogP contribution in [0.5, 0.6) is 5.75 Å². The Morgan fingerprint density at radius 3 is 2.62 bits per heavy atom. The minimum atomic E-state index is -0.214. The van der Waals surface area contributed by atoms with E-state index in [0.29, 0.717) is 13.0 Å². The number of hydrogen-bond acceptors (Lipinski definition) is 3. The number of ether oxygens (including phenoxy) is 1. The van der Waals surface area contributed by atoms with Crippen molar-refractivity contribution in [2.75, 3.05) is 13.7 Å². The summed E-state index contributed by atoms with van der Waals surface area (Å²) < 4.78 is 5.26. The maximum atomic E-state index is 12.0. The van der Waals surface area contributed by atoms with Gasteiger partial charge in [-0.3, -0.25) is 4.79 Å². The highest BCUT2D eigenvalue weighted by Crippen LogP contribution is 2.25. The normalized spacial score (nSPS) is 16.7. The van der Waals surface area contributed by atoms with E-state index in [1.807, 2.05) is 24.3 Å². The lowest BCUT2D eigenvalue weighted by atomic mass is 9.82. The molecular formula is C16H25ClN2O2. The van der Waals surface area contributed by atoms with Gasteiger partial charge in [-0.25, -0.2) is 0 Å². The number of carbonyl (C=O) groups excluding carboxylic acids is 1. The lowest BCUT2D eigenvalue weighted by molar-refractivity contribution is -0.120. The number of nitrogens with one attached hydrogen (secondary N) is 1. The zero-order valence-electron chi connectivity index (χ0n) is 12.6. The van der Waals surface area contributed by atoms with Gasteiger partial charge in [0.05, 0.1) is 13.5 Å². The van der Waals surface area contributed by atoms with Crippen LogP contribution in [0.4, 0.5) is 0 Å². The van der Waals surface area contributed by atoms with Crippen molar-refractivity contribution in [3.8, 4) is 5.75 Å². The Hall–Kier alpha value is -1.26. The van der Waals surface area contributed by atoms with Gasteiger partial charge in [0.25, 0.3) is 0 Å². The Labute approximate surface area is 132 Å². The summed E-state index contributed by atoms with van der Waals surface area (Å²) in [7, 11) is 1.62. The summed E-state index contributed by atoms with van der Waals surface area (Å²) in [5.41, 5.74) is 7.01. The molecule has 1 aromatic rings. The highest BCUT2D eigenvalue weighted by Gasteiger charge is 2.27. The fourth-order valence-electron chi connectivity index (χ4n) is 2.79. The Balaban J connectivity index is 0.00000220. The van der Waals surface area contributed by atoms with Crippen LogP contribution in [0, 0.1) is 0 Å². The van der Waals surface area contributed by atoms with Crippen LogP contribution in [0.2, 0.25) is 0 Å². The Bertz CT molecular complexity index is 459. The van der Waals surface area contributed by atoms with Gasteiger partial charge in [0, 0.05) is 17.6 Å². The average Bonchev–Trinajstić information content (AvgIpc) is 2.47. The molecular weight excluding hydrogens is 288 g/mol. The van der Waals surface area contributed by atoms with Crippen molar-refractivity contribution in [3.05, 3.63) is 29.8 Å². The van der Waals surface area contributed by atoms with Gasteiger partial charge < -0.3 is 15.8 Å². The van der Waals surface area contributed by atoms with E-state index in [2.05, 4.69) is 5.32 Å². The Kier molecular flexibility index (Phi) is 6.99. The first-order chi connectivity index (χ1) is 9.63. The third-order valence-corrected chi connectivity index (χ3v) is 4.03. The quantitative estimate of drug-likeness (QED) is 0.877. The summed E-state index contributed by atoms with van der Waals surface area (Å²) in [5, 5.41) is 2.97. The zero-order valence-corrected chi connectivity index (χ0v) is 13.4. The molecule has 1 aliphatic carbocycles. The maximum Gasteiger partial charge on any atom is 0.224 e. The number of rotatable bonds is 5. The second-order valence-electron chi connectivity index (χ2n) is 5.69. The van der Waals surface area contributed by atoms with Crippen molar-refractivity contribution in [2.45, 2.75) is 44.1 Å². The highest BCUT2D eigenvalue weighted by molar-refractivity contribution is 5.85. The number of amides is 1. The van der Waals surface area contributed by atoms with Crippen molar-refractivity contribution in [1.82, 2.24) is 5.32 Å². The van der Waals surface area contributed by atoms with Gasteiger partial charge in [-0.15, -0.1) is 12.4 Å². The van der Waals surface area contributed by atoms with Gasteiger partial charge in [0.15, 0.2) is 0 Å². The molecule has 0 aromatic heterocycles. The summed E-state index contributed by atoms with van der Waals surface area (Å²) in [6.45, 7) is 0.570. The van der Waals surface area contributed by atoms with E-state index in [1.54, 1.807) is 7.11 Å². The summed E-state index contributed by atoms with van der Waals surface area (Å²) in [6, 6.07) is 7.60. The molecule has 5 heteroatoms. The number of halogens is 1. The summed E-state index contributed by atoms with van der Waals surface area (Å²) in [4.78, 5) is 12.0. The van der Waals surface area contributed by atoms with Gasteiger partial charge in [-0.2, -0.15) is 0 Å². The van der Waals surface area contributed by atoms with E-state index >= 15 is 0 Å². The topological polar surface area (TPSA) is 64.3 Å². The Morgan fingerprint density at radius 2 is 1.95 bits per heavy atom. The molecule has 1 aromatic carbocycles. The van der Waals surface area contributed by atoms with E-state index in [-0.39, 0.29) is 23.9 Å². The molecule has 0 spiro atoms. The van der Waals surface area contributed by atoms with Crippen molar-refractivity contribution in [3.63, 3.8) is 0 Å². The summed E-state index contributed by atoms with van der Waals surface area (Å²) >= 11 is 0. The predicted molar refractivity (Wildman–Crippen MR) is 87.0 cm³/mol. The third-order valence-electron chi connectivity index (χ3n) is 4.03. The molecule has 0 aliphatic heterocycles. The fraction of sp³-hybridized carbons (Fsp3) is 0.562. The van der Waals surface area contributed by atoms with Gasteiger partial charge in [0.2, 0.25) is 5.91 Å². The van der Waals surface area contributed by atoms with Gasteiger partial charge in [-0.1, -0.05) is 37.5 Å². The molecule has 0 heterocycles. The minimum Gasteiger partial charge on any atom is -0.496 e. The number of hydrogen-bond donors (Lipinski definition) is 2. The van der Waals surface area contributed by atoms with Crippen LogP contribution in [-0.2, 0) is 11.2 Å². The molecule has 0 radical (unpaired) electrons. The number of para-hydroxylation sites is 1. The lowest BCUT2D eigenvalue weighted by Gasteiger charge is -2.33. The second kappa shape index (κ2) is 8.25. The molecule has 0 unspecified atom stereocenters. The highest BCUT2D eigenvalue weighted by atomic mass is 35.5. The molecule has 1 aliphatic rings. The van der Waals surface area contributed by atoms with Crippen LogP contribution in [0.3, 0.4) is 0 Å². The maximum absolute atomic E-state index is 12.0. The largest absolute Gasteiger partial charge is 0.496 e. The predicted octanol–water partition coefficient (Wildman–Crippen LogP) is 2.44. The molecule has 4 nitrogen and oxygen atoms in total. The summed E-state index contributed by atoms with van der Waals surface area (Å²) in [5.74, 6) is 0.757. The van der Waals surface area contributed by atoms with Gasteiger partial charge in [0.1, 0.15) is 5.75 Å². The SMILES string of the molecule is COc1ccccc1CC(=O)NCC1(N)CCCCC1.Cl. The Morgan fingerprint density at radius 1 is 1.29 bits per heavy atom. The molecule has 0 saturated heterocycles. The van der Waals surface area contributed by atoms with E-state index in [0.717, 1.165) is 24.2 Å². The standard InChI is InChI=1S/C16H24N2O2.ClH/c1-20-14-8-4-3-7-13(14)11-15(19)18-12-16(17)9-5-2-6-10-16;/h3-4,7-8H,2,5-6,9-12,17H2,1H3,(H,18,19);1H. The monoisotopic (exact) mass is 312 g/mol. The molecule has 1 amide bonds. The van der Waals surface area contributed by atoms with E-state index < -0.39 is 0 Å². The van der Waals surface area contributed by atoms with Crippen LogP contribution in [0.15, 0.2) is 24.3 Å². The van der Waals surface area contributed by atoms with Gasteiger partial charge >= 0.3 is 0 Å². The van der Waals surface area contributed by atoms with Crippen molar-refractivity contribution < 1.29 is 9.53 Å². The van der Waals surface area contributed by atoms with E-state index in [1.165, 1.54) is 19.3 Å². The van der Waals surface area contributed by atoms with E-state index in [9.17, 15) is 4.79 Å². The second-order valence-corrected chi connectivity index (χ2v) is 5.69. The molecule has 118 valence electrons. The number of carbonyl (C=O) groups is 1. The van der Waals surface area contributed by atoms with Crippen LogP contribution in [-0.4, -0.2) is 25.1 Å². The molecule has 21 heavy (non-hydrogen) atoms. The first-order valence-corrected chi connectivity index (χ1v) is 7.30. The molecule has 1 saturated carbocycles. The number of methoxy groups -OCH3 is 1. The van der Waals surface area contributed by atoms with Crippen LogP contribution >= 0.6 is 12.4 Å². The van der Waals surface area contributed by atoms with Crippen molar-refractivity contribution in [1.29, 1.82) is 0 Å². The third kappa shape index (κ3) is 5.21. The molecule has 0 bridgehead atoms. The minimum absolute atomic E-state index is 0. The first-order valence-electron chi connectivity index (χ1n) is 7.30. The fourth-order valence-corrected chi connectivity index (χ4v) is 2.79. The molecule has 2 rings (SSSR count). The zero-order chi connectivity index (χ0) is 14.4. The van der Waals surface area contributed by atoms with Crippen LogP contribution in [0.1, 0.15) is 37.7 Å². The van der Waals surface area contributed by atoms with Gasteiger partial charge in [-0.05, 0) is 18.9 Å². The lowest BCUT2D eigenvalue weighted by Crippen LogP contribution is -2.51. The first kappa shape index (κ1) is 17.8. The van der Waals surface area contributed by atoms with Crippen molar-refractivity contribution in [2.24, 2.45) is 5.73 Å². The van der Waals surface area contributed by atoms with Crippen molar-refractivity contribution >= 4 is 18.3 Å².